The molecular formula is C21H21F2N3O2. The molecule has 2 aromatic rings. The molecule has 1 unspecified atom stereocenters. The standard InChI is InChI=1S/C21H21F2N3O2/c22-17-4-3-5-18(23)20(17)24-21(28)14-12-19(27)26(13-14)16-8-6-15(7-9-16)25-10-1-2-11-25/h3-9,14H,1-2,10-13H2,(H,24,28). The summed E-state index contributed by atoms with van der Waals surface area (Å²) in [6, 6.07) is 11.1. The van der Waals surface area contributed by atoms with Crippen LogP contribution in [0.5, 0.6) is 0 Å². The quantitative estimate of drug-likeness (QED) is 0.876. The van der Waals surface area contributed by atoms with Gasteiger partial charge in [-0.2, -0.15) is 0 Å². The number of anilines is 3. The number of carbonyl (C=O) groups excluding carboxylic acids is 2. The molecule has 2 amide bonds. The fourth-order valence-electron chi connectivity index (χ4n) is 3.79. The van der Waals surface area contributed by atoms with Gasteiger partial charge in [0.15, 0.2) is 0 Å². The van der Waals surface area contributed by atoms with Crippen molar-refractivity contribution in [1.29, 1.82) is 0 Å². The molecule has 146 valence electrons. The molecule has 7 heteroatoms. The summed E-state index contributed by atoms with van der Waals surface area (Å²) in [5, 5.41) is 2.28. The van der Waals surface area contributed by atoms with Gasteiger partial charge in [0.05, 0.1) is 5.92 Å². The molecule has 2 saturated heterocycles. The largest absolute Gasteiger partial charge is 0.372 e. The average Bonchev–Trinajstić information content (AvgIpc) is 3.35. The Labute approximate surface area is 161 Å². The fourth-order valence-corrected chi connectivity index (χ4v) is 3.79. The number of nitrogens with one attached hydrogen (secondary N) is 1. The Morgan fingerprint density at radius 2 is 1.57 bits per heavy atom. The molecule has 5 nitrogen and oxygen atoms in total. The molecule has 2 fully saturated rings. The summed E-state index contributed by atoms with van der Waals surface area (Å²) in [4.78, 5) is 28.7. The zero-order valence-electron chi connectivity index (χ0n) is 15.3. The minimum absolute atomic E-state index is 0.00970. The Kier molecular flexibility index (Phi) is 4.98. The van der Waals surface area contributed by atoms with Crippen LogP contribution in [-0.4, -0.2) is 31.4 Å². The van der Waals surface area contributed by atoms with Gasteiger partial charge < -0.3 is 15.1 Å². The van der Waals surface area contributed by atoms with Crippen molar-refractivity contribution in [2.75, 3.05) is 34.8 Å². The topological polar surface area (TPSA) is 52.7 Å². The number of rotatable bonds is 4. The number of benzene rings is 2. The molecule has 0 bridgehead atoms. The van der Waals surface area contributed by atoms with Crippen LogP contribution < -0.4 is 15.1 Å². The number of halogens is 2. The lowest BCUT2D eigenvalue weighted by Crippen LogP contribution is -2.28. The normalized spacial score (nSPS) is 19.4. The van der Waals surface area contributed by atoms with Crippen LogP contribution >= 0.6 is 0 Å². The zero-order chi connectivity index (χ0) is 19.7. The van der Waals surface area contributed by atoms with Gasteiger partial charge in [-0.15, -0.1) is 0 Å². The molecule has 0 spiro atoms. The van der Waals surface area contributed by atoms with Crippen molar-refractivity contribution < 1.29 is 18.4 Å². The van der Waals surface area contributed by atoms with E-state index >= 15 is 0 Å². The molecule has 28 heavy (non-hydrogen) atoms. The van der Waals surface area contributed by atoms with Crippen LogP contribution in [0.4, 0.5) is 25.8 Å². The molecule has 0 aromatic heterocycles. The van der Waals surface area contributed by atoms with Gasteiger partial charge in [-0.3, -0.25) is 9.59 Å². The molecule has 1 N–H and O–H groups in total. The molecule has 2 aromatic carbocycles. The molecular weight excluding hydrogens is 364 g/mol. The van der Waals surface area contributed by atoms with Crippen LogP contribution in [0.3, 0.4) is 0 Å². The van der Waals surface area contributed by atoms with Gasteiger partial charge in [0.2, 0.25) is 11.8 Å². The summed E-state index contributed by atoms with van der Waals surface area (Å²) < 4.78 is 27.5. The van der Waals surface area contributed by atoms with Crippen molar-refractivity contribution in [2.24, 2.45) is 5.92 Å². The van der Waals surface area contributed by atoms with Crippen molar-refractivity contribution in [3.63, 3.8) is 0 Å². The third kappa shape index (κ3) is 3.56. The second-order valence-electron chi connectivity index (χ2n) is 7.20. The van der Waals surface area contributed by atoms with E-state index in [0.29, 0.717) is 0 Å². The minimum atomic E-state index is -0.841. The Morgan fingerprint density at radius 1 is 0.964 bits per heavy atom. The van der Waals surface area contributed by atoms with E-state index in [1.807, 2.05) is 24.3 Å². The molecule has 0 radical (unpaired) electrons. The zero-order valence-corrected chi connectivity index (χ0v) is 15.3. The first kappa shape index (κ1) is 18.4. The average molecular weight is 385 g/mol. The van der Waals surface area contributed by atoms with Crippen molar-refractivity contribution in [2.45, 2.75) is 19.3 Å². The monoisotopic (exact) mass is 385 g/mol. The van der Waals surface area contributed by atoms with Gasteiger partial charge in [0.1, 0.15) is 17.3 Å². The van der Waals surface area contributed by atoms with Gasteiger partial charge in [0.25, 0.3) is 0 Å². The van der Waals surface area contributed by atoms with Gasteiger partial charge in [-0.25, -0.2) is 8.78 Å². The first-order chi connectivity index (χ1) is 13.5. The number of hydrogen-bond donors (Lipinski definition) is 1. The van der Waals surface area contributed by atoms with E-state index in [0.717, 1.165) is 36.6 Å². The Bertz CT molecular complexity index is 875. The predicted octanol–water partition coefficient (Wildman–Crippen LogP) is 3.56. The number of amides is 2. The van der Waals surface area contributed by atoms with E-state index in [-0.39, 0.29) is 18.9 Å². The summed E-state index contributed by atoms with van der Waals surface area (Å²) in [7, 11) is 0. The first-order valence-electron chi connectivity index (χ1n) is 9.43. The van der Waals surface area contributed by atoms with Gasteiger partial charge >= 0.3 is 0 Å². The summed E-state index contributed by atoms with van der Waals surface area (Å²) in [6.45, 7) is 2.26. The Hall–Kier alpha value is -2.96. The van der Waals surface area contributed by atoms with E-state index < -0.39 is 29.1 Å². The Balaban J connectivity index is 1.44. The smallest absolute Gasteiger partial charge is 0.229 e. The number of para-hydroxylation sites is 1. The SMILES string of the molecule is O=C(Nc1c(F)cccc1F)C1CC(=O)N(c2ccc(N3CCCC3)cc2)C1. The highest BCUT2D eigenvalue weighted by molar-refractivity contribution is 6.03. The van der Waals surface area contributed by atoms with Crippen LogP contribution in [0.25, 0.3) is 0 Å². The van der Waals surface area contributed by atoms with E-state index in [1.54, 1.807) is 4.90 Å². The molecule has 2 heterocycles. The third-order valence-corrected chi connectivity index (χ3v) is 5.34. The summed E-state index contributed by atoms with van der Waals surface area (Å²) in [6.07, 6.45) is 2.38. The first-order valence-corrected chi connectivity index (χ1v) is 9.43. The highest BCUT2D eigenvalue weighted by Gasteiger charge is 2.35. The Morgan fingerprint density at radius 3 is 2.21 bits per heavy atom. The predicted molar refractivity (Wildman–Crippen MR) is 103 cm³/mol. The lowest BCUT2D eigenvalue weighted by Gasteiger charge is -2.20. The van der Waals surface area contributed by atoms with Gasteiger partial charge in [0, 0.05) is 37.4 Å². The molecule has 2 aliphatic rings. The molecule has 0 aliphatic carbocycles. The van der Waals surface area contributed by atoms with Crippen LogP contribution in [0.15, 0.2) is 42.5 Å². The van der Waals surface area contributed by atoms with Crippen molar-refractivity contribution >= 4 is 28.9 Å². The van der Waals surface area contributed by atoms with Crippen LogP contribution in [0.2, 0.25) is 0 Å². The van der Waals surface area contributed by atoms with E-state index in [9.17, 15) is 18.4 Å². The summed E-state index contributed by atoms with van der Waals surface area (Å²) in [5.74, 6) is -3.08. The van der Waals surface area contributed by atoms with Crippen LogP contribution in [0.1, 0.15) is 19.3 Å². The third-order valence-electron chi connectivity index (χ3n) is 5.34. The van der Waals surface area contributed by atoms with Gasteiger partial charge in [-0.05, 0) is 49.2 Å². The summed E-state index contributed by atoms with van der Waals surface area (Å²) in [5.41, 5.74) is 1.37. The molecule has 0 saturated carbocycles. The number of carbonyl (C=O) groups is 2. The number of nitrogens with zero attached hydrogens (tertiary/aromatic N) is 2. The molecule has 4 rings (SSSR count). The maximum Gasteiger partial charge on any atom is 0.229 e. The maximum atomic E-state index is 13.7. The molecule has 1 atom stereocenters. The summed E-state index contributed by atoms with van der Waals surface area (Å²) >= 11 is 0. The van der Waals surface area contributed by atoms with E-state index in [2.05, 4.69) is 10.2 Å². The van der Waals surface area contributed by atoms with Crippen molar-refractivity contribution in [3.05, 3.63) is 54.1 Å². The van der Waals surface area contributed by atoms with Gasteiger partial charge in [-0.1, -0.05) is 6.07 Å². The van der Waals surface area contributed by atoms with Crippen LogP contribution in [0, 0.1) is 17.6 Å². The second kappa shape index (κ2) is 7.58. The minimum Gasteiger partial charge on any atom is -0.372 e. The fraction of sp³-hybridized carbons (Fsp3) is 0.333. The van der Waals surface area contributed by atoms with Crippen LogP contribution in [-0.2, 0) is 9.59 Å². The lowest BCUT2D eigenvalue weighted by atomic mass is 10.1. The second-order valence-corrected chi connectivity index (χ2v) is 7.20. The maximum absolute atomic E-state index is 13.7. The highest BCUT2D eigenvalue weighted by Crippen LogP contribution is 2.29. The highest BCUT2D eigenvalue weighted by atomic mass is 19.1. The lowest BCUT2D eigenvalue weighted by molar-refractivity contribution is -0.122. The van der Waals surface area contributed by atoms with E-state index in [4.69, 9.17) is 0 Å². The number of hydrogen-bond acceptors (Lipinski definition) is 3. The molecule has 2 aliphatic heterocycles. The van der Waals surface area contributed by atoms with Crippen molar-refractivity contribution in [3.8, 4) is 0 Å². The van der Waals surface area contributed by atoms with Crippen molar-refractivity contribution in [1.82, 2.24) is 0 Å². The van der Waals surface area contributed by atoms with E-state index in [1.165, 1.54) is 18.9 Å².